The summed E-state index contributed by atoms with van der Waals surface area (Å²) >= 11 is 0. The number of methoxy groups -OCH3 is 1. The Labute approximate surface area is 188 Å². The second-order valence-electron chi connectivity index (χ2n) is 8.25. The molecule has 7 nitrogen and oxygen atoms in total. The Bertz CT molecular complexity index is 964. The van der Waals surface area contributed by atoms with Gasteiger partial charge in [-0.3, -0.25) is 9.69 Å². The smallest absolute Gasteiger partial charge is 0.393 e. The fraction of sp³-hybridized carbons (Fsp3) is 0.545. The number of nitrogens with one attached hydrogen (secondary N) is 1. The summed E-state index contributed by atoms with van der Waals surface area (Å²) in [6.45, 7) is 1.08. The minimum Gasteiger partial charge on any atom is -0.393 e. The Morgan fingerprint density at radius 1 is 1.36 bits per heavy atom. The second-order valence-corrected chi connectivity index (χ2v) is 8.25. The molecule has 1 amide bonds. The van der Waals surface area contributed by atoms with Gasteiger partial charge in [0.25, 0.3) is 5.91 Å². The molecule has 0 radical (unpaired) electrons. The van der Waals surface area contributed by atoms with Gasteiger partial charge in [-0.2, -0.15) is 13.2 Å². The number of aromatic nitrogens is 1. The maximum atomic E-state index is 14.2. The summed E-state index contributed by atoms with van der Waals surface area (Å²) in [7, 11) is 3.31. The number of aliphatic hydroxyl groups excluding tert-OH is 1. The third kappa shape index (κ3) is 6.30. The van der Waals surface area contributed by atoms with Gasteiger partial charge in [0.1, 0.15) is 5.82 Å². The number of carbonyl (C=O) groups excluding carboxylic acids is 1. The lowest BCUT2D eigenvalue weighted by Gasteiger charge is -2.26. The van der Waals surface area contributed by atoms with E-state index in [1.54, 1.807) is 14.2 Å². The number of benzene rings is 1. The Kier molecular flexibility index (Phi) is 8.09. The molecule has 1 saturated carbocycles. The number of carbonyl (C=O) groups is 1. The Morgan fingerprint density at radius 3 is 2.76 bits per heavy atom. The molecule has 3 rings (SSSR count). The normalized spacial score (nSPS) is 19.2. The van der Waals surface area contributed by atoms with Gasteiger partial charge in [0.05, 0.1) is 18.3 Å². The highest BCUT2D eigenvalue weighted by atomic mass is 19.4. The number of nitrogens with zero attached hydrogens (tertiary/aromatic N) is 2. The van der Waals surface area contributed by atoms with E-state index in [1.165, 1.54) is 0 Å². The van der Waals surface area contributed by atoms with Gasteiger partial charge in [0.2, 0.25) is 0 Å². The molecule has 182 valence electrons. The Morgan fingerprint density at radius 2 is 2.12 bits per heavy atom. The third-order valence-electron chi connectivity index (χ3n) is 5.63. The predicted octanol–water partition coefficient (Wildman–Crippen LogP) is 3.61. The zero-order valence-electron chi connectivity index (χ0n) is 18.4. The van der Waals surface area contributed by atoms with E-state index < -0.39 is 29.6 Å². The minimum absolute atomic E-state index is 0.0146. The van der Waals surface area contributed by atoms with Crippen LogP contribution in [-0.4, -0.2) is 60.5 Å². The standard InChI is InChI=1S/C22H27F4N3O4/c1-29(8-9-32-2)12-16-19(21(31)27-14-4-3-5-15(30)11-14)28-33-20(16)13-6-7-17(18(23)10-13)22(24,25)26/h6-7,10,14-15,30H,3-5,8-9,11-12H2,1-2H3,(H,27,31)/t14-,15+/m1/s1. The summed E-state index contributed by atoms with van der Waals surface area (Å²) in [5.41, 5.74) is -1.06. The maximum Gasteiger partial charge on any atom is 0.419 e. The fourth-order valence-electron chi connectivity index (χ4n) is 3.89. The van der Waals surface area contributed by atoms with Crippen molar-refractivity contribution in [3.05, 3.63) is 40.8 Å². The van der Waals surface area contributed by atoms with Crippen molar-refractivity contribution in [2.24, 2.45) is 0 Å². The number of amides is 1. The SMILES string of the molecule is COCCN(C)Cc1c(C(=O)N[C@@H]2CCC[C@H](O)C2)noc1-c1ccc(C(F)(F)F)c(F)c1. The van der Waals surface area contributed by atoms with E-state index in [0.29, 0.717) is 44.0 Å². The van der Waals surface area contributed by atoms with E-state index in [1.807, 2.05) is 4.90 Å². The third-order valence-corrected chi connectivity index (χ3v) is 5.63. The average Bonchev–Trinajstić information content (AvgIpc) is 3.14. The van der Waals surface area contributed by atoms with Crippen molar-refractivity contribution in [2.75, 3.05) is 27.3 Å². The van der Waals surface area contributed by atoms with Crippen molar-refractivity contribution in [1.29, 1.82) is 0 Å². The van der Waals surface area contributed by atoms with Crippen LogP contribution in [0.4, 0.5) is 17.6 Å². The van der Waals surface area contributed by atoms with E-state index in [2.05, 4.69) is 10.5 Å². The number of halogens is 4. The highest BCUT2D eigenvalue weighted by molar-refractivity contribution is 5.95. The van der Waals surface area contributed by atoms with Crippen LogP contribution in [0.5, 0.6) is 0 Å². The summed E-state index contributed by atoms with van der Waals surface area (Å²) in [6, 6.07) is 2.21. The van der Waals surface area contributed by atoms with Gasteiger partial charge < -0.3 is 19.7 Å². The van der Waals surface area contributed by atoms with Crippen LogP contribution in [0.15, 0.2) is 22.7 Å². The van der Waals surface area contributed by atoms with Crippen LogP contribution in [0.3, 0.4) is 0 Å². The van der Waals surface area contributed by atoms with Crippen LogP contribution in [-0.2, 0) is 17.5 Å². The van der Waals surface area contributed by atoms with Crippen molar-refractivity contribution in [3.63, 3.8) is 0 Å². The van der Waals surface area contributed by atoms with Crippen molar-refractivity contribution in [3.8, 4) is 11.3 Å². The lowest BCUT2D eigenvalue weighted by molar-refractivity contribution is -0.139. The molecule has 11 heteroatoms. The fourth-order valence-corrected chi connectivity index (χ4v) is 3.89. The first kappa shape index (κ1) is 25.1. The molecule has 1 aromatic carbocycles. The molecule has 1 aromatic heterocycles. The van der Waals surface area contributed by atoms with Crippen molar-refractivity contribution >= 4 is 5.91 Å². The van der Waals surface area contributed by atoms with Gasteiger partial charge in [-0.1, -0.05) is 11.2 Å². The van der Waals surface area contributed by atoms with Crippen molar-refractivity contribution in [1.82, 2.24) is 15.4 Å². The molecule has 1 heterocycles. The maximum absolute atomic E-state index is 14.2. The molecule has 1 fully saturated rings. The molecule has 0 unspecified atom stereocenters. The molecule has 33 heavy (non-hydrogen) atoms. The van der Waals surface area contributed by atoms with Crippen LogP contribution in [0.1, 0.15) is 47.3 Å². The molecule has 0 spiro atoms. The molecule has 0 saturated heterocycles. The molecular formula is C22H27F4N3O4. The zero-order valence-corrected chi connectivity index (χ0v) is 18.4. The number of rotatable bonds is 8. The Hall–Kier alpha value is -2.50. The van der Waals surface area contributed by atoms with E-state index in [4.69, 9.17) is 9.26 Å². The van der Waals surface area contributed by atoms with Gasteiger partial charge >= 0.3 is 6.18 Å². The number of hydrogen-bond donors (Lipinski definition) is 2. The van der Waals surface area contributed by atoms with E-state index >= 15 is 0 Å². The van der Waals surface area contributed by atoms with Crippen molar-refractivity contribution in [2.45, 2.75) is 50.6 Å². The first-order valence-electron chi connectivity index (χ1n) is 10.6. The van der Waals surface area contributed by atoms with Gasteiger partial charge in [0, 0.05) is 37.4 Å². The molecule has 2 atom stereocenters. The summed E-state index contributed by atoms with van der Waals surface area (Å²) in [5, 5.41) is 16.6. The van der Waals surface area contributed by atoms with Crippen molar-refractivity contribution < 1.29 is 36.7 Å². The topological polar surface area (TPSA) is 87.8 Å². The van der Waals surface area contributed by atoms with Crippen LogP contribution < -0.4 is 5.32 Å². The molecule has 2 aromatic rings. The van der Waals surface area contributed by atoms with E-state index in [0.717, 1.165) is 18.6 Å². The first-order chi connectivity index (χ1) is 15.6. The highest BCUT2D eigenvalue weighted by Gasteiger charge is 2.35. The lowest BCUT2D eigenvalue weighted by atomic mass is 9.93. The van der Waals surface area contributed by atoms with E-state index in [-0.39, 0.29) is 29.6 Å². The molecule has 1 aliphatic rings. The number of aliphatic hydroxyl groups is 1. The van der Waals surface area contributed by atoms with Crippen LogP contribution in [0.2, 0.25) is 0 Å². The van der Waals surface area contributed by atoms with Crippen LogP contribution >= 0.6 is 0 Å². The van der Waals surface area contributed by atoms with E-state index in [9.17, 15) is 27.5 Å². The molecule has 1 aliphatic carbocycles. The molecule has 2 N–H and O–H groups in total. The van der Waals surface area contributed by atoms with Gasteiger partial charge in [-0.05, 0) is 44.9 Å². The monoisotopic (exact) mass is 473 g/mol. The van der Waals surface area contributed by atoms with Gasteiger partial charge in [-0.15, -0.1) is 0 Å². The average molecular weight is 473 g/mol. The largest absolute Gasteiger partial charge is 0.419 e. The summed E-state index contributed by atoms with van der Waals surface area (Å²) in [4.78, 5) is 14.8. The first-order valence-corrected chi connectivity index (χ1v) is 10.6. The molecular weight excluding hydrogens is 446 g/mol. The minimum atomic E-state index is -4.83. The number of ether oxygens (including phenoxy) is 1. The van der Waals surface area contributed by atoms with Gasteiger partial charge in [0.15, 0.2) is 11.5 Å². The zero-order chi connectivity index (χ0) is 24.2. The quantitative estimate of drug-likeness (QED) is 0.570. The summed E-state index contributed by atoms with van der Waals surface area (Å²) in [5.74, 6) is -1.95. The number of likely N-dealkylation sites (N-methyl/N-ethyl adjacent to an activating group) is 1. The van der Waals surface area contributed by atoms with Gasteiger partial charge in [-0.25, -0.2) is 4.39 Å². The Balaban J connectivity index is 1.92. The number of hydrogen-bond acceptors (Lipinski definition) is 6. The highest BCUT2D eigenvalue weighted by Crippen LogP contribution is 2.35. The molecule has 0 aliphatic heterocycles. The summed E-state index contributed by atoms with van der Waals surface area (Å²) < 4.78 is 63.4. The molecule has 0 bridgehead atoms. The summed E-state index contributed by atoms with van der Waals surface area (Å²) in [6.07, 6.45) is -2.75. The van der Waals surface area contributed by atoms with Crippen LogP contribution in [0.25, 0.3) is 11.3 Å². The second kappa shape index (κ2) is 10.6. The predicted molar refractivity (Wildman–Crippen MR) is 111 cm³/mol. The lowest BCUT2D eigenvalue weighted by Crippen LogP contribution is -2.40. The number of alkyl halides is 3. The van der Waals surface area contributed by atoms with Crippen LogP contribution in [0, 0.1) is 5.82 Å².